The van der Waals surface area contributed by atoms with E-state index in [1.165, 1.54) is 0 Å². The summed E-state index contributed by atoms with van der Waals surface area (Å²) in [6.07, 6.45) is 2.32. The van der Waals surface area contributed by atoms with Crippen LogP contribution in [0.5, 0.6) is 0 Å². The molecule has 0 saturated carbocycles. The molecule has 0 amide bonds. The van der Waals surface area contributed by atoms with Crippen LogP contribution < -0.4 is 4.72 Å². The van der Waals surface area contributed by atoms with Crippen LogP contribution in [0, 0.1) is 6.92 Å². The number of fused-ring (bicyclic) bond motifs is 1. The fourth-order valence-electron chi connectivity index (χ4n) is 2.06. The normalized spacial score (nSPS) is 11.9. The molecule has 0 bridgehead atoms. The minimum atomic E-state index is -3.55. The number of rotatable bonds is 7. The second kappa shape index (κ2) is 6.98. The second-order valence-electron chi connectivity index (χ2n) is 4.79. The fraction of sp³-hybridized carbons (Fsp3) is 0.400. The molecular formula is C15H20N2O3S. The van der Waals surface area contributed by atoms with Crippen LogP contribution in [-0.2, 0) is 14.8 Å². The highest BCUT2D eigenvalue weighted by Crippen LogP contribution is 2.21. The van der Waals surface area contributed by atoms with Crippen LogP contribution in [0.4, 0.5) is 0 Å². The van der Waals surface area contributed by atoms with Crippen LogP contribution in [0.15, 0.2) is 35.4 Å². The number of hydrogen-bond donors (Lipinski definition) is 1. The number of aromatic nitrogens is 1. The molecule has 5 nitrogen and oxygen atoms in total. The Bertz CT molecular complexity index is 714. The lowest BCUT2D eigenvalue weighted by Gasteiger charge is -2.09. The largest absolute Gasteiger partial charge is 0.382 e. The summed E-state index contributed by atoms with van der Waals surface area (Å²) in [4.78, 5) is 4.48. The molecule has 0 fully saturated rings. The van der Waals surface area contributed by atoms with Gasteiger partial charge in [-0.25, -0.2) is 13.1 Å². The summed E-state index contributed by atoms with van der Waals surface area (Å²) in [6, 6.07) is 7.10. The molecule has 0 spiro atoms. The fourth-order valence-corrected chi connectivity index (χ4v) is 3.31. The molecule has 1 aromatic heterocycles. The standard InChI is InChI=1S/C15H20N2O3S/c1-3-20-9-5-8-17-21(18,19)14-7-4-6-13-10-12(2)11-16-15(13)14/h4,6-7,10-11,17H,3,5,8-9H2,1-2H3. The Morgan fingerprint density at radius 2 is 2.14 bits per heavy atom. The van der Waals surface area contributed by atoms with Crippen molar-refractivity contribution in [1.82, 2.24) is 9.71 Å². The molecule has 0 radical (unpaired) electrons. The minimum absolute atomic E-state index is 0.219. The SMILES string of the molecule is CCOCCCNS(=O)(=O)c1cccc2cc(C)cnc12. The van der Waals surface area contributed by atoms with Gasteiger partial charge < -0.3 is 4.74 Å². The van der Waals surface area contributed by atoms with Crippen molar-refractivity contribution in [2.24, 2.45) is 0 Å². The van der Waals surface area contributed by atoms with Gasteiger partial charge in [0, 0.05) is 31.3 Å². The molecule has 0 unspecified atom stereocenters. The molecule has 1 heterocycles. The van der Waals surface area contributed by atoms with Gasteiger partial charge >= 0.3 is 0 Å². The number of nitrogens with one attached hydrogen (secondary N) is 1. The lowest BCUT2D eigenvalue weighted by molar-refractivity contribution is 0.146. The van der Waals surface area contributed by atoms with Crippen molar-refractivity contribution in [1.29, 1.82) is 0 Å². The van der Waals surface area contributed by atoms with E-state index in [9.17, 15) is 8.42 Å². The summed E-state index contributed by atoms with van der Waals surface area (Å²) in [7, 11) is -3.55. The average molecular weight is 308 g/mol. The molecule has 0 aliphatic rings. The van der Waals surface area contributed by atoms with E-state index in [4.69, 9.17) is 4.74 Å². The van der Waals surface area contributed by atoms with Crippen LogP contribution in [0.1, 0.15) is 18.9 Å². The topological polar surface area (TPSA) is 68.3 Å². The third-order valence-corrected chi connectivity index (χ3v) is 4.55. The predicted molar refractivity (Wildman–Crippen MR) is 82.8 cm³/mol. The molecule has 0 aliphatic carbocycles. The van der Waals surface area contributed by atoms with Crippen LogP contribution in [0.2, 0.25) is 0 Å². The van der Waals surface area contributed by atoms with Gasteiger partial charge in [0.15, 0.2) is 0 Å². The number of pyridine rings is 1. The third-order valence-electron chi connectivity index (χ3n) is 3.06. The maximum absolute atomic E-state index is 12.4. The highest BCUT2D eigenvalue weighted by molar-refractivity contribution is 7.89. The van der Waals surface area contributed by atoms with Gasteiger partial charge in [-0.05, 0) is 38.0 Å². The van der Waals surface area contributed by atoms with E-state index in [-0.39, 0.29) is 4.90 Å². The maximum Gasteiger partial charge on any atom is 0.242 e. The summed E-state index contributed by atoms with van der Waals surface area (Å²) < 4.78 is 32.5. The summed E-state index contributed by atoms with van der Waals surface area (Å²) in [5, 5.41) is 0.826. The van der Waals surface area contributed by atoms with Gasteiger partial charge in [-0.3, -0.25) is 4.98 Å². The number of benzene rings is 1. The van der Waals surface area contributed by atoms with Crippen molar-refractivity contribution in [2.45, 2.75) is 25.2 Å². The van der Waals surface area contributed by atoms with E-state index in [1.807, 2.05) is 26.0 Å². The van der Waals surface area contributed by atoms with E-state index < -0.39 is 10.0 Å². The molecule has 1 N–H and O–H groups in total. The first kappa shape index (κ1) is 15.9. The van der Waals surface area contributed by atoms with Crippen LogP contribution >= 0.6 is 0 Å². The Hall–Kier alpha value is -1.50. The molecule has 114 valence electrons. The van der Waals surface area contributed by atoms with Crippen LogP contribution in [0.25, 0.3) is 10.9 Å². The van der Waals surface area contributed by atoms with Gasteiger partial charge in [-0.15, -0.1) is 0 Å². The number of para-hydroxylation sites is 1. The number of nitrogens with zero attached hydrogens (tertiary/aromatic N) is 1. The number of aryl methyl sites for hydroxylation is 1. The van der Waals surface area contributed by atoms with Gasteiger partial charge in [0.05, 0.1) is 5.52 Å². The van der Waals surface area contributed by atoms with Crippen LogP contribution in [-0.4, -0.2) is 33.2 Å². The van der Waals surface area contributed by atoms with Crippen molar-refractivity contribution in [3.8, 4) is 0 Å². The first-order chi connectivity index (χ1) is 10.0. The van der Waals surface area contributed by atoms with Crippen molar-refractivity contribution in [2.75, 3.05) is 19.8 Å². The van der Waals surface area contributed by atoms with E-state index >= 15 is 0 Å². The monoisotopic (exact) mass is 308 g/mol. The molecule has 6 heteroatoms. The Labute approximate surface area is 125 Å². The summed E-state index contributed by atoms with van der Waals surface area (Å²) in [5.74, 6) is 0. The number of hydrogen-bond acceptors (Lipinski definition) is 4. The summed E-state index contributed by atoms with van der Waals surface area (Å²) in [6.45, 7) is 5.38. The van der Waals surface area contributed by atoms with Gasteiger partial charge in [0.25, 0.3) is 0 Å². The quantitative estimate of drug-likeness (QED) is 0.797. The zero-order chi connectivity index (χ0) is 15.3. The summed E-state index contributed by atoms with van der Waals surface area (Å²) >= 11 is 0. The zero-order valence-corrected chi connectivity index (χ0v) is 13.1. The minimum Gasteiger partial charge on any atom is -0.382 e. The van der Waals surface area contributed by atoms with Gasteiger partial charge in [-0.1, -0.05) is 12.1 Å². The molecule has 2 aromatic rings. The van der Waals surface area contributed by atoms with Gasteiger partial charge in [0.2, 0.25) is 10.0 Å². The van der Waals surface area contributed by atoms with Gasteiger partial charge in [0.1, 0.15) is 4.90 Å². The maximum atomic E-state index is 12.4. The Morgan fingerprint density at radius 1 is 1.33 bits per heavy atom. The Balaban J connectivity index is 2.20. The van der Waals surface area contributed by atoms with E-state index in [0.29, 0.717) is 31.7 Å². The van der Waals surface area contributed by atoms with Crippen molar-refractivity contribution in [3.05, 3.63) is 36.0 Å². The van der Waals surface area contributed by atoms with E-state index in [2.05, 4.69) is 9.71 Å². The Morgan fingerprint density at radius 3 is 2.90 bits per heavy atom. The average Bonchev–Trinajstić information content (AvgIpc) is 2.46. The van der Waals surface area contributed by atoms with Crippen molar-refractivity contribution in [3.63, 3.8) is 0 Å². The highest BCUT2D eigenvalue weighted by atomic mass is 32.2. The molecule has 0 aliphatic heterocycles. The van der Waals surface area contributed by atoms with Gasteiger partial charge in [-0.2, -0.15) is 0 Å². The van der Waals surface area contributed by atoms with Crippen molar-refractivity contribution >= 4 is 20.9 Å². The lowest BCUT2D eigenvalue weighted by atomic mass is 10.2. The first-order valence-corrected chi connectivity index (χ1v) is 8.45. The molecular weight excluding hydrogens is 288 g/mol. The third kappa shape index (κ3) is 4.00. The smallest absolute Gasteiger partial charge is 0.242 e. The molecule has 0 saturated heterocycles. The first-order valence-electron chi connectivity index (χ1n) is 6.97. The molecule has 2 rings (SSSR count). The van der Waals surface area contributed by atoms with E-state index in [0.717, 1.165) is 10.9 Å². The molecule has 1 aromatic carbocycles. The molecule has 0 atom stereocenters. The number of ether oxygens (including phenoxy) is 1. The van der Waals surface area contributed by atoms with Crippen LogP contribution in [0.3, 0.4) is 0 Å². The highest BCUT2D eigenvalue weighted by Gasteiger charge is 2.17. The zero-order valence-electron chi connectivity index (χ0n) is 12.3. The summed E-state index contributed by atoms with van der Waals surface area (Å²) in [5.41, 5.74) is 1.50. The number of sulfonamides is 1. The Kier molecular flexibility index (Phi) is 5.27. The second-order valence-corrected chi connectivity index (χ2v) is 6.52. The molecule has 21 heavy (non-hydrogen) atoms. The lowest BCUT2D eigenvalue weighted by Crippen LogP contribution is -2.26. The predicted octanol–water partition coefficient (Wildman–Crippen LogP) is 2.25. The van der Waals surface area contributed by atoms with Crippen molar-refractivity contribution < 1.29 is 13.2 Å². The van der Waals surface area contributed by atoms with E-state index in [1.54, 1.807) is 18.3 Å².